The normalized spacial score (nSPS) is 16.0. The molecule has 0 radical (unpaired) electrons. The number of nitrogens with one attached hydrogen (secondary N) is 2. The summed E-state index contributed by atoms with van der Waals surface area (Å²) >= 11 is 0. The van der Waals surface area contributed by atoms with Gasteiger partial charge in [-0.2, -0.15) is 5.10 Å². The zero-order valence-electron chi connectivity index (χ0n) is 13.9. The van der Waals surface area contributed by atoms with Crippen LogP contribution in [0.3, 0.4) is 0 Å². The number of likely N-dealkylation sites (N-methyl/N-ethyl adjacent to an activating group) is 1. The van der Waals surface area contributed by atoms with E-state index < -0.39 is 0 Å². The van der Waals surface area contributed by atoms with Crippen LogP contribution in [0.1, 0.15) is 39.9 Å². The Morgan fingerprint density at radius 1 is 1.52 bits per heavy atom. The molecule has 1 unspecified atom stereocenters. The Kier molecular flexibility index (Phi) is 4.43. The molecular formula is C17H23N5O. The third-order valence-corrected chi connectivity index (χ3v) is 4.33. The van der Waals surface area contributed by atoms with Crippen LogP contribution >= 0.6 is 0 Å². The summed E-state index contributed by atoms with van der Waals surface area (Å²) in [5, 5.41) is 10.3. The van der Waals surface area contributed by atoms with Crippen LogP contribution in [-0.4, -0.2) is 45.6 Å². The Morgan fingerprint density at radius 3 is 3.13 bits per heavy atom. The first-order valence-electron chi connectivity index (χ1n) is 8.00. The zero-order chi connectivity index (χ0) is 16.4. The lowest BCUT2D eigenvalue weighted by Crippen LogP contribution is -2.36. The molecule has 0 spiro atoms. The number of carbonyl (C=O) groups excluding carboxylic acids is 1. The summed E-state index contributed by atoms with van der Waals surface area (Å²) in [6.45, 7) is 5.79. The van der Waals surface area contributed by atoms with Gasteiger partial charge >= 0.3 is 0 Å². The SMILES string of the molecule is Cc1cccnc1CC(C)NC(=O)c1n[nH]c2c1CN(C)CC2. The summed E-state index contributed by atoms with van der Waals surface area (Å²) in [7, 11) is 2.06. The van der Waals surface area contributed by atoms with Gasteiger partial charge in [-0.05, 0) is 32.5 Å². The van der Waals surface area contributed by atoms with E-state index in [1.54, 1.807) is 6.20 Å². The molecule has 2 aromatic heterocycles. The van der Waals surface area contributed by atoms with Crippen molar-refractivity contribution in [3.8, 4) is 0 Å². The van der Waals surface area contributed by atoms with Crippen molar-refractivity contribution in [2.75, 3.05) is 13.6 Å². The summed E-state index contributed by atoms with van der Waals surface area (Å²) in [5.74, 6) is -0.112. The van der Waals surface area contributed by atoms with Crippen molar-refractivity contribution in [3.63, 3.8) is 0 Å². The molecule has 122 valence electrons. The third kappa shape index (κ3) is 3.42. The number of pyridine rings is 1. The predicted molar refractivity (Wildman–Crippen MR) is 88.2 cm³/mol. The van der Waals surface area contributed by atoms with Crippen LogP contribution in [0.15, 0.2) is 18.3 Å². The maximum atomic E-state index is 12.5. The molecule has 0 aliphatic carbocycles. The van der Waals surface area contributed by atoms with E-state index in [1.807, 2.05) is 26.0 Å². The van der Waals surface area contributed by atoms with Gasteiger partial charge in [0.05, 0.1) is 0 Å². The number of hydrogen-bond acceptors (Lipinski definition) is 4. The van der Waals surface area contributed by atoms with Gasteiger partial charge in [0.25, 0.3) is 5.91 Å². The quantitative estimate of drug-likeness (QED) is 0.896. The van der Waals surface area contributed by atoms with Crippen molar-refractivity contribution in [3.05, 3.63) is 46.5 Å². The average Bonchev–Trinajstić information content (AvgIpc) is 2.92. The molecule has 2 aromatic rings. The topological polar surface area (TPSA) is 73.9 Å². The van der Waals surface area contributed by atoms with E-state index >= 15 is 0 Å². The smallest absolute Gasteiger partial charge is 0.272 e. The minimum atomic E-state index is -0.112. The first-order valence-corrected chi connectivity index (χ1v) is 8.00. The molecule has 1 amide bonds. The molecular weight excluding hydrogens is 290 g/mol. The average molecular weight is 313 g/mol. The summed E-state index contributed by atoms with van der Waals surface area (Å²) in [4.78, 5) is 19.1. The van der Waals surface area contributed by atoms with Crippen molar-refractivity contribution in [1.29, 1.82) is 0 Å². The molecule has 6 heteroatoms. The molecule has 0 bridgehead atoms. The maximum absolute atomic E-state index is 12.5. The molecule has 0 saturated carbocycles. The van der Waals surface area contributed by atoms with Gasteiger partial charge in [0.1, 0.15) is 0 Å². The van der Waals surface area contributed by atoms with Gasteiger partial charge in [-0.25, -0.2) is 0 Å². The lowest BCUT2D eigenvalue weighted by atomic mass is 10.0. The van der Waals surface area contributed by atoms with Crippen LogP contribution in [0.2, 0.25) is 0 Å². The van der Waals surface area contributed by atoms with E-state index in [-0.39, 0.29) is 11.9 Å². The Morgan fingerprint density at radius 2 is 2.35 bits per heavy atom. The fraction of sp³-hybridized carbons (Fsp3) is 0.471. The molecule has 3 rings (SSSR count). The van der Waals surface area contributed by atoms with Gasteiger partial charge < -0.3 is 10.2 Å². The van der Waals surface area contributed by atoms with E-state index in [9.17, 15) is 4.79 Å². The van der Waals surface area contributed by atoms with Crippen molar-refractivity contribution < 1.29 is 4.79 Å². The van der Waals surface area contributed by atoms with Crippen molar-refractivity contribution in [2.24, 2.45) is 0 Å². The van der Waals surface area contributed by atoms with E-state index in [4.69, 9.17) is 0 Å². The number of amides is 1. The summed E-state index contributed by atoms with van der Waals surface area (Å²) in [5.41, 5.74) is 4.80. The molecule has 1 atom stereocenters. The van der Waals surface area contributed by atoms with Crippen LogP contribution in [0.5, 0.6) is 0 Å². The monoisotopic (exact) mass is 313 g/mol. The molecule has 1 aliphatic heterocycles. The number of aryl methyl sites for hydroxylation is 1. The number of H-pyrrole nitrogens is 1. The van der Waals surface area contributed by atoms with Crippen LogP contribution in [0.25, 0.3) is 0 Å². The minimum absolute atomic E-state index is 0.00442. The highest BCUT2D eigenvalue weighted by Crippen LogP contribution is 2.19. The summed E-state index contributed by atoms with van der Waals surface area (Å²) in [6, 6.07) is 3.97. The highest BCUT2D eigenvalue weighted by atomic mass is 16.2. The first-order chi connectivity index (χ1) is 11.0. The molecule has 6 nitrogen and oxygen atoms in total. The van der Waals surface area contributed by atoms with Crippen LogP contribution in [0.4, 0.5) is 0 Å². The summed E-state index contributed by atoms with van der Waals surface area (Å²) in [6.07, 6.45) is 3.41. The zero-order valence-corrected chi connectivity index (χ0v) is 13.9. The second-order valence-electron chi connectivity index (χ2n) is 6.36. The van der Waals surface area contributed by atoms with E-state index in [1.165, 1.54) is 0 Å². The molecule has 0 saturated heterocycles. The number of carbonyl (C=O) groups is 1. The Labute approximate surface area is 136 Å². The molecule has 23 heavy (non-hydrogen) atoms. The van der Waals surface area contributed by atoms with Gasteiger partial charge in [0.15, 0.2) is 5.69 Å². The predicted octanol–water partition coefficient (Wildman–Crippen LogP) is 1.46. The Hall–Kier alpha value is -2.21. The van der Waals surface area contributed by atoms with Crippen LogP contribution < -0.4 is 5.32 Å². The minimum Gasteiger partial charge on any atom is -0.348 e. The van der Waals surface area contributed by atoms with Gasteiger partial charge in [0, 0.05) is 55.1 Å². The number of fused-ring (bicyclic) bond motifs is 1. The number of rotatable bonds is 4. The van der Waals surface area contributed by atoms with Gasteiger partial charge in [-0.3, -0.25) is 14.9 Å². The fourth-order valence-corrected chi connectivity index (χ4v) is 2.98. The standard InChI is InChI=1S/C17H23N5O/c1-11-5-4-7-18-15(11)9-12(2)19-17(23)16-13-10-22(3)8-6-14(13)20-21-16/h4-5,7,12H,6,8-10H2,1-3H3,(H,19,23)(H,20,21). The van der Waals surface area contributed by atoms with Gasteiger partial charge in [0.2, 0.25) is 0 Å². The molecule has 1 aliphatic rings. The highest BCUT2D eigenvalue weighted by Gasteiger charge is 2.24. The number of nitrogens with zero attached hydrogens (tertiary/aromatic N) is 3. The Bertz CT molecular complexity index is 709. The first kappa shape index (κ1) is 15.7. The number of aromatic amines is 1. The lowest BCUT2D eigenvalue weighted by molar-refractivity contribution is 0.0933. The molecule has 0 fully saturated rings. The Balaban J connectivity index is 1.68. The van der Waals surface area contributed by atoms with E-state index in [0.29, 0.717) is 12.1 Å². The second-order valence-corrected chi connectivity index (χ2v) is 6.36. The van der Waals surface area contributed by atoms with Crippen LogP contribution in [-0.2, 0) is 19.4 Å². The number of aromatic nitrogens is 3. The van der Waals surface area contributed by atoms with Crippen molar-refractivity contribution >= 4 is 5.91 Å². The van der Waals surface area contributed by atoms with Gasteiger partial charge in [-0.15, -0.1) is 0 Å². The van der Waals surface area contributed by atoms with E-state index in [0.717, 1.165) is 42.0 Å². The van der Waals surface area contributed by atoms with Crippen molar-refractivity contribution in [1.82, 2.24) is 25.4 Å². The summed E-state index contributed by atoms with van der Waals surface area (Å²) < 4.78 is 0. The molecule has 0 aromatic carbocycles. The molecule has 3 heterocycles. The second kappa shape index (κ2) is 6.50. The lowest BCUT2D eigenvalue weighted by Gasteiger charge is -2.22. The van der Waals surface area contributed by atoms with Gasteiger partial charge in [-0.1, -0.05) is 6.07 Å². The maximum Gasteiger partial charge on any atom is 0.272 e. The fourth-order valence-electron chi connectivity index (χ4n) is 2.98. The third-order valence-electron chi connectivity index (χ3n) is 4.33. The van der Waals surface area contributed by atoms with Crippen molar-refractivity contribution in [2.45, 2.75) is 39.3 Å². The highest BCUT2D eigenvalue weighted by molar-refractivity contribution is 5.94. The molecule has 2 N–H and O–H groups in total. The largest absolute Gasteiger partial charge is 0.348 e. The van der Waals surface area contributed by atoms with Crippen LogP contribution in [0, 0.1) is 6.92 Å². The number of hydrogen-bond donors (Lipinski definition) is 2. The van der Waals surface area contributed by atoms with E-state index in [2.05, 4.69) is 32.4 Å².